The average Bonchev–Trinajstić information content (AvgIpc) is 3.15. The van der Waals surface area contributed by atoms with Crippen LogP contribution in [0.15, 0.2) is 64.0 Å². The molecule has 0 aromatic heterocycles. The van der Waals surface area contributed by atoms with Crippen LogP contribution in [0.25, 0.3) is 6.08 Å². The number of nitrogens with zero attached hydrogens (tertiary/aromatic N) is 1. The van der Waals surface area contributed by atoms with Crippen molar-refractivity contribution in [1.82, 2.24) is 4.90 Å². The van der Waals surface area contributed by atoms with Crippen molar-refractivity contribution in [3.05, 3.63) is 91.0 Å². The highest BCUT2D eigenvalue weighted by Gasteiger charge is 2.36. The van der Waals surface area contributed by atoms with E-state index in [2.05, 4.69) is 21.2 Å². The van der Waals surface area contributed by atoms with Gasteiger partial charge in [0.25, 0.3) is 11.1 Å². The van der Waals surface area contributed by atoms with E-state index in [-0.39, 0.29) is 17.2 Å². The van der Waals surface area contributed by atoms with Crippen LogP contribution in [-0.4, -0.2) is 35.1 Å². The van der Waals surface area contributed by atoms with Gasteiger partial charge in [0.15, 0.2) is 11.5 Å². The number of halogens is 4. The highest BCUT2D eigenvalue weighted by atomic mass is 79.9. The summed E-state index contributed by atoms with van der Waals surface area (Å²) in [5.74, 6) is -1.09. The maximum Gasteiger partial charge on any atom is 0.294 e. The molecule has 0 radical (unpaired) electrons. The van der Waals surface area contributed by atoms with E-state index in [9.17, 15) is 18.8 Å². The molecule has 0 atom stereocenters. The van der Waals surface area contributed by atoms with Crippen LogP contribution in [0.5, 0.6) is 11.5 Å². The first-order chi connectivity index (χ1) is 18.7. The lowest BCUT2D eigenvalue weighted by Gasteiger charge is -2.15. The van der Waals surface area contributed by atoms with Crippen LogP contribution in [0.4, 0.5) is 14.9 Å². The van der Waals surface area contributed by atoms with Gasteiger partial charge < -0.3 is 14.8 Å². The zero-order valence-electron chi connectivity index (χ0n) is 20.3. The van der Waals surface area contributed by atoms with Gasteiger partial charge in [0.2, 0.25) is 5.91 Å². The summed E-state index contributed by atoms with van der Waals surface area (Å²) in [6.07, 6.45) is 1.52. The summed E-state index contributed by atoms with van der Waals surface area (Å²) < 4.78 is 26.1. The van der Waals surface area contributed by atoms with Crippen LogP contribution in [0.3, 0.4) is 0 Å². The van der Waals surface area contributed by atoms with Gasteiger partial charge in [-0.05, 0) is 72.3 Å². The second-order valence-corrected chi connectivity index (χ2v) is 10.7. The van der Waals surface area contributed by atoms with Crippen molar-refractivity contribution < 1.29 is 28.2 Å². The SMILES string of the molecule is CCOc1cc(/C=C2\SC(=O)N(CC(=O)Nc3ccccc3F)C2=O)c(Br)cc1OCc1ccc(Cl)c(Cl)c1. The Balaban J connectivity index is 1.50. The third-order valence-electron chi connectivity index (χ3n) is 5.35. The Morgan fingerprint density at radius 2 is 1.82 bits per heavy atom. The van der Waals surface area contributed by atoms with Crippen molar-refractivity contribution >= 4 is 79.7 Å². The van der Waals surface area contributed by atoms with Gasteiger partial charge in [-0.15, -0.1) is 0 Å². The monoisotopic (exact) mass is 652 g/mol. The van der Waals surface area contributed by atoms with Crippen molar-refractivity contribution in [1.29, 1.82) is 0 Å². The van der Waals surface area contributed by atoms with Gasteiger partial charge in [-0.1, -0.05) is 57.3 Å². The molecule has 0 saturated carbocycles. The molecule has 4 rings (SSSR count). The average molecular weight is 654 g/mol. The van der Waals surface area contributed by atoms with Crippen molar-refractivity contribution in [2.75, 3.05) is 18.5 Å². The fourth-order valence-corrected chi connectivity index (χ4v) is 5.09. The molecule has 202 valence electrons. The summed E-state index contributed by atoms with van der Waals surface area (Å²) in [6, 6.07) is 14.2. The number of carbonyl (C=O) groups excluding carboxylic acids is 3. The minimum absolute atomic E-state index is 0.0427. The standard InChI is InChI=1S/C27H20BrCl2FN2O5S/c1-2-37-22-10-16(17(28)12-23(22)38-14-15-7-8-18(29)19(30)9-15)11-24-26(35)33(27(36)39-24)13-25(34)32-21-6-4-3-5-20(21)31/h3-12H,2,13-14H2,1H3,(H,32,34)/b24-11-. The summed E-state index contributed by atoms with van der Waals surface area (Å²) in [4.78, 5) is 38.8. The third kappa shape index (κ3) is 7.13. The quantitative estimate of drug-likeness (QED) is 0.240. The molecule has 7 nitrogen and oxygen atoms in total. The Labute approximate surface area is 246 Å². The molecule has 1 saturated heterocycles. The molecular formula is C27H20BrCl2FN2O5S. The Kier molecular flexibility index (Phi) is 9.55. The highest BCUT2D eigenvalue weighted by Crippen LogP contribution is 2.38. The van der Waals surface area contributed by atoms with Gasteiger partial charge in [0, 0.05) is 4.47 Å². The number of para-hydroxylation sites is 1. The van der Waals surface area contributed by atoms with Crippen LogP contribution in [0.2, 0.25) is 10.0 Å². The Hall–Kier alpha value is -3.05. The molecule has 1 fully saturated rings. The first kappa shape index (κ1) is 28.9. The molecule has 0 unspecified atom stereocenters. The summed E-state index contributed by atoms with van der Waals surface area (Å²) in [7, 11) is 0. The lowest BCUT2D eigenvalue weighted by Crippen LogP contribution is -2.36. The van der Waals surface area contributed by atoms with Crippen LogP contribution in [0.1, 0.15) is 18.1 Å². The van der Waals surface area contributed by atoms with E-state index in [1.54, 1.807) is 36.4 Å². The number of amides is 3. The van der Waals surface area contributed by atoms with Crippen molar-refractivity contribution in [2.24, 2.45) is 0 Å². The number of thioether (sulfide) groups is 1. The fraction of sp³-hybridized carbons (Fsp3) is 0.148. The topological polar surface area (TPSA) is 84.9 Å². The molecule has 0 spiro atoms. The normalized spacial score (nSPS) is 14.2. The fourth-order valence-electron chi connectivity index (χ4n) is 3.51. The highest BCUT2D eigenvalue weighted by molar-refractivity contribution is 9.10. The first-order valence-electron chi connectivity index (χ1n) is 11.5. The van der Waals surface area contributed by atoms with Crippen LogP contribution in [-0.2, 0) is 16.2 Å². The second-order valence-electron chi connectivity index (χ2n) is 8.09. The van der Waals surface area contributed by atoms with Crippen LogP contribution in [0, 0.1) is 5.82 Å². The van der Waals surface area contributed by atoms with Gasteiger partial charge >= 0.3 is 0 Å². The number of rotatable bonds is 9. The Morgan fingerprint density at radius 1 is 1.08 bits per heavy atom. The van der Waals surface area contributed by atoms with Crippen molar-refractivity contribution in [3.8, 4) is 11.5 Å². The lowest BCUT2D eigenvalue weighted by molar-refractivity contribution is -0.127. The van der Waals surface area contributed by atoms with E-state index in [4.69, 9.17) is 32.7 Å². The predicted octanol–water partition coefficient (Wildman–Crippen LogP) is 7.55. The number of hydrogen-bond acceptors (Lipinski definition) is 6. The number of benzene rings is 3. The van der Waals surface area contributed by atoms with Gasteiger partial charge in [0.05, 0.1) is 27.2 Å². The van der Waals surface area contributed by atoms with E-state index in [1.165, 1.54) is 24.3 Å². The molecule has 3 aromatic rings. The Bertz CT molecular complexity index is 1490. The molecule has 1 heterocycles. The van der Waals surface area contributed by atoms with E-state index in [0.717, 1.165) is 10.5 Å². The molecule has 1 aliphatic heterocycles. The zero-order chi connectivity index (χ0) is 28.1. The summed E-state index contributed by atoms with van der Waals surface area (Å²) >= 11 is 16.2. The van der Waals surface area contributed by atoms with Crippen molar-refractivity contribution in [3.63, 3.8) is 0 Å². The van der Waals surface area contributed by atoms with Crippen LogP contribution < -0.4 is 14.8 Å². The van der Waals surface area contributed by atoms with Gasteiger partial charge in [0.1, 0.15) is 19.0 Å². The zero-order valence-corrected chi connectivity index (χ0v) is 24.2. The molecule has 1 aliphatic rings. The molecule has 39 heavy (non-hydrogen) atoms. The minimum Gasteiger partial charge on any atom is -0.490 e. The summed E-state index contributed by atoms with van der Waals surface area (Å²) in [5, 5.41) is 2.61. The van der Waals surface area contributed by atoms with E-state index < -0.39 is 29.4 Å². The van der Waals surface area contributed by atoms with Gasteiger partial charge in [-0.25, -0.2) is 4.39 Å². The molecule has 3 aromatic carbocycles. The summed E-state index contributed by atoms with van der Waals surface area (Å²) in [5.41, 5.74) is 1.32. The van der Waals surface area contributed by atoms with E-state index in [0.29, 0.717) is 49.9 Å². The predicted molar refractivity (Wildman–Crippen MR) is 154 cm³/mol. The number of nitrogens with one attached hydrogen (secondary N) is 1. The number of carbonyl (C=O) groups is 3. The molecule has 12 heteroatoms. The third-order valence-corrected chi connectivity index (χ3v) is 7.68. The number of hydrogen-bond donors (Lipinski definition) is 1. The summed E-state index contributed by atoms with van der Waals surface area (Å²) in [6.45, 7) is 1.83. The molecule has 3 amide bonds. The van der Waals surface area contributed by atoms with E-state index >= 15 is 0 Å². The smallest absolute Gasteiger partial charge is 0.294 e. The molecule has 0 aliphatic carbocycles. The van der Waals surface area contributed by atoms with E-state index in [1.807, 2.05) is 6.92 Å². The number of anilines is 1. The van der Waals surface area contributed by atoms with Gasteiger partial charge in [-0.3, -0.25) is 19.3 Å². The molecule has 0 bridgehead atoms. The Morgan fingerprint density at radius 3 is 2.54 bits per heavy atom. The maximum absolute atomic E-state index is 13.8. The molecular weight excluding hydrogens is 634 g/mol. The maximum atomic E-state index is 13.8. The second kappa shape index (κ2) is 12.9. The number of ether oxygens (including phenoxy) is 2. The van der Waals surface area contributed by atoms with Crippen molar-refractivity contribution in [2.45, 2.75) is 13.5 Å². The lowest BCUT2D eigenvalue weighted by atomic mass is 10.1. The number of imide groups is 1. The largest absolute Gasteiger partial charge is 0.490 e. The van der Waals surface area contributed by atoms with Gasteiger partial charge in [-0.2, -0.15) is 0 Å². The first-order valence-corrected chi connectivity index (χ1v) is 13.9. The minimum atomic E-state index is -0.702. The van der Waals surface area contributed by atoms with Crippen LogP contribution >= 0.6 is 50.9 Å². The molecule has 1 N–H and O–H groups in total.